The minimum atomic E-state index is -0.749. The van der Waals surface area contributed by atoms with Gasteiger partial charge < -0.3 is 10.1 Å². The molecular weight excluding hydrogens is 345 g/mol. The van der Waals surface area contributed by atoms with E-state index in [1.54, 1.807) is 0 Å². The van der Waals surface area contributed by atoms with Crippen LogP contribution in [0.1, 0.15) is 27.5 Å². The second-order valence-corrected chi connectivity index (χ2v) is 5.91. The van der Waals surface area contributed by atoms with Crippen LogP contribution in [0.2, 0.25) is 0 Å². The van der Waals surface area contributed by atoms with Gasteiger partial charge in [0.2, 0.25) is 0 Å². The van der Waals surface area contributed by atoms with E-state index in [2.05, 4.69) is 5.32 Å². The molecule has 3 aromatic carbocycles. The molecule has 1 amide bonds. The maximum absolute atomic E-state index is 13.2. The first-order chi connectivity index (χ1) is 13.1. The Labute approximate surface area is 156 Å². The van der Waals surface area contributed by atoms with E-state index in [0.717, 1.165) is 17.2 Å². The maximum atomic E-state index is 13.2. The zero-order valence-electron chi connectivity index (χ0n) is 14.5. The van der Waals surface area contributed by atoms with Crippen LogP contribution in [0.15, 0.2) is 84.9 Å². The number of carbonyl (C=O) groups excluding carboxylic acids is 2. The molecular formula is C22H18FNO3. The third kappa shape index (κ3) is 5.01. The molecule has 4 nitrogen and oxygen atoms in total. The molecule has 0 spiro atoms. The molecule has 0 heterocycles. The molecule has 0 aliphatic heterocycles. The lowest BCUT2D eigenvalue weighted by Crippen LogP contribution is -2.33. The average Bonchev–Trinajstić information content (AvgIpc) is 2.71. The number of ether oxygens (including phenoxy) is 1. The van der Waals surface area contributed by atoms with Crippen molar-refractivity contribution in [3.05, 3.63) is 107 Å². The largest absolute Gasteiger partial charge is 0.452 e. The van der Waals surface area contributed by atoms with Gasteiger partial charge in [0.15, 0.2) is 6.61 Å². The number of hydrogen-bond acceptors (Lipinski definition) is 3. The van der Waals surface area contributed by atoms with Crippen LogP contribution >= 0.6 is 0 Å². The molecule has 0 bridgehead atoms. The van der Waals surface area contributed by atoms with Gasteiger partial charge in [-0.3, -0.25) is 4.79 Å². The van der Waals surface area contributed by atoms with Crippen molar-refractivity contribution in [1.82, 2.24) is 5.32 Å². The van der Waals surface area contributed by atoms with E-state index in [0.29, 0.717) is 0 Å². The van der Waals surface area contributed by atoms with Gasteiger partial charge in [-0.2, -0.15) is 0 Å². The summed E-state index contributed by atoms with van der Waals surface area (Å²) in [5, 5.41) is 2.88. The van der Waals surface area contributed by atoms with E-state index in [1.165, 1.54) is 18.2 Å². The summed E-state index contributed by atoms with van der Waals surface area (Å²) in [6.07, 6.45) is 0. The molecule has 0 aliphatic rings. The average molecular weight is 363 g/mol. The number of nitrogens with one attached hydrogen (secondary N) is 1. The van der Waals surface area contributed by atoms with Crippen molar-refractivity contribution < 1.29 is 18.7 Å². The Morgan fingerprint density at radius 3 is 2.00 bits per heavy atom. The molecule has 3 aromatic rings. The fourth-order valence-corrected chi connectivity index (χ4v) is 2.68. The van der Waals surface area contributed by atoms with Crippen LogP contribution in [0, 0.1) is 5.82 Å². The fourth-order valence-electron chi connectivity index (χ4n) is 2.68. The number of benzene rings is 3. The van der Waals surface area contributed by atoms with Gasteiger partial charge >= 0.3 is 5.97 Å². The lowest BCUT2D eigenvalue weighted by Gasteiger charge is -2.20. The van der Waals surface area contributed by atoms with Crippen molar-refractivity contribution in [1.29, 1.82) is 0 Å². The minimum Gasteiger partial charge on any atom is -0.452 e. The van der Waals surface area contributed by atoms with Gasteiger partial charge in [0, 0.05) is 0 Å². The number of halogens is 1. The van der Waals surface area contributed by atoms with Gasteiger partial charge in [0.25, 0.3) is 5.91 Å². The van der Waals surface area contributed by atoms with Crippen molar-refractivity contribution in [3.63, 3.8) is 0 Å². The van der Waals surface area contributed by atoms with E-state index in [4.69, 9.17) is 4.74 Å². The first-order valence-electron chi connectivity index (χ1n) is 8.45. The predicted octanol–water partition coefficient (Wildman–Crippen LogP) is 3.89. The normalized spacial score (nSPS) is 10.4. The quantitative estimate of drug-likeness (QED) is 0.676. The topological polar surface area (TPSA) is 55.4 Å². The molecule has 5 heteroatoms. The standard InChI is InChI=1S/C22H18FNO3/c23-19-13-7-12-18(14-19)22(26)27-15-20(25)24-21(16-8-3-1-4-9-16)17-10-5-2-6-11-17/h1-14,21H,15H2,(H,24,25). The Morgan fingerprint density at radius 1 is 0.852 bits per heavy atom. The SMILES string of the molecule is O=C(COC(=O)c1cccc(F)c1)NC(c1ccccc1)c1ccccc1. The lowest BCUT2D eigenvalue weighted by atomic mass is 9.99. The molecule has 0 saturated carbocycles. The van der Waals surface area contributed by atoms with Crippen LogP contribution in [0.25, 0.3) is 0 Å². The first kappa shape index (κ1) is 18.3. The summed E-state index contributed by atoms with van der Waals surface area (Å²) in [4.78, 5) is 24.3. The van der Waals surface area contributed by atoms with Gasteiger partial charge in [-0.05, 0) is 29.3 Å². The summed E-state index contributed by atoms with van der Waals surface area (Å²) in [6, 6.07) is 23.8. The van der Waals surface area contributed by atoms with Gasteiger partial charge in [-0.25, -0.2) is 9.18 Å². The molecule has 0 saturated heterocycles. The van der Waals surface area contributed by atoms with Crippen LogP contribution in [0.4, 0.5) is 4.39 Å². The highest BCUT2D eigenvalue weighted by atomic mass is 19.1. The van der Waals surface area contributed by atoms with Crippen LogP contribution in [0.3, 0.4) is 0 Å². The minimum absolute atomic E-state index is 0.0606. The van der Waals surface area contributed by atoms with Gasteiger partial charge in [0.05, 0.1) is 11.6 Å². The van der Waals surface area contributed by atoms with Crippen LogP contribution in [-0.4, -0.2) is 18.5 Å². The zero-order valence-corrected chi connectivity index (χ0v) is 14.5. The Hall–Kier alpha value is -3.47. The molecule has 1 N–H and O–H groups in total. The van der Waals surface area contributed by atoms with E-state index in [9.17, 15) is 14.0 Å². The highest BCUT2D eigenvalue weighted by Gasteiger charge is 2.18. The monoisotopic (exact) mass is 363 g/mol. The molecule has 0 aliphatic carbocycles. The van der Waals surface area contributed by atoms with Crippen LogP contribution < -0.4 is 5.32 Å². The summed E-state index contributed by atoms with van der Waals surface area (Å²) in [6.45, 7) is -0.453. The van der Waals surface area contributed by atoms with Gasteiger partial charge in [-0.15, -0.1) is 0 Å². The van der Waals surface area contributed by atoms with E-state index < -0.39 is 24.3 Å². The second kappa shape index (κ2) is 8.76. The predicted molar refractivity (Wildman–Crippen MR) is 99.6 cm³/mol. The highest BCUT2D eigenvalue weighted by molar-refractivity contribution is 5.91. The molecule has 0 aromatic heterocycles. The fraction of sp³-hybridized carbons (Fsp3) is 0.0909. The van der Waals surface area contributed by atoms with Crippen molar-refractivity contribution in [2.45, 2.75) is 6.04 Å². The number of hydrogen-bond donors (Lipinski definition) is 1. The molecule has 136 valence electrons. The van der Waals surface area contributed by atoms with E-state index in [-0.39, 0.29) is 11.6 Å². The van der Waals surface area contributed by atoms with Crippen molar-refractivity contribution in [3.8, 4) is 0 Å². The van der Waals surface area contributed by atoms with Crippen molar-refractivity contribution >= 4 is 11.9 Å². The van der Waals surface area contributed by atoms with Crippen LogP contribution in [0.5, 0.6) is 0 Å². The highest BCUT2D eigenvalue weighted by Crippen LogP contribution is 2.21. The summed E-state index contributed by atoms with van der Waals surface area (Å²) >= 11 is 0. The first-order valence-corrected chi connectivity index (χ1v) is 8.45. The van der Waals surface area contributed by atoms with Gasteiger partial charge in [0.1, 0.15) is 5.82 Å². The Bertz CT molecular complexity index is 874. The lowest BCUT2D eigenvalue weighted by molar-refractivity contribution is -0.124. The van der Waals surface area contributed by atoms with Gasteiger partial charge in [-0.1, -0.05) is 66.7 Å². The Morgan fingerprint density at radius 2 is 1.44 bits per heavy atom. The number of amides is 1. The van der Waals surface area contributed by atoms with E-state index >= 15 is 0 Å². The number of carbonyl (C=O) groups is 2. The summed E-state index contributed by atoms with van der Waals surface area (Å²) in [5.41, 5.74) is 1.88. The third-order valence-corrected chi connectivity index (χ3v) is 3.97. The Balaban J connectivity index is 1.67. The number of esters is 1. The smallest absolute Gasteiger partial charge is 0.338 e. The molecule has 0 fully saturated rings. The second-order valence-electron chi connectivity index (χ2n) is 5.91. The van der Waals surface area contributed by atoms with E-state index in [1.807, 2.05) is 60.7 Å². The molecule has 0 radical (unpaired) electrons. The number of rotatable bonds is 6. The molecule has 0 unspecified atom stereocenters. The molecule has 0 atom stereocenters. The van der Waals surface area contributed by atoms with Crippen molar-refractivity contribution in [2.24, 2.45) is 0 Å². The van der Waals surface area contributed by atoms with Crippen LogP contribution in [-0.2, 0) is 9.53 Å². The third-order valence-electron chi connectivity index (χ3n) is 3.97. The summed E-state index contributed by atoms with van der Waals surface area (Å²) in [7, 11) is 0. The summed E-state index contributed by atoms with van der Waals surface area (Å²) < 4.78 is 18.2. The zero-order chi connectivity index (χ0) is 19.1. The van der Waals surface area contributed by atoms with Crippen molar-refractivity contribution in [2.75, 3.05) is 6.61 Å². The molecule has 27 heavy (non-hydrogen) atoms. The maximum Gasteiger partial charge on any atom is 0.338 e. The Kier molecular flexibility index (Phi) is 5.94. The molecule has 3 rings (SSSR count). The summed E-state index contributed by atoms with van der Waals surface area (Å²) in [5.74, 6) is -1.74.